The van der Waals surface area contributed by atoms with Gasteiger partial charge in [0.1, 0.15) is 18.1 Å². The fourth-order valence-electron chi connectivity index (χ4n) is 4.97. The maximum Gasteiger partial charge on any atom is 0.254 e. The number of phenolic OH excluding ortho intramolecular Hbond substituents is 1. The molecule has 7 nitrogen and oxygen atoms in total. The van der Waals surface area contributed by atoms with Gasteiger partial charge < -0.3 is 9.84 Å². The summed E-state index contributed by atoms with van der Waals surface area (Å²) in [6, 6.07) is 22.5. The molecule has 0 bridgehead atoms. The summed E-state index contributed by atoms with van der Waals surface area (Å²) >= 11 is 0. The van der Waals surface area contributed by atoms with Gasteiger partial charge in [0.2, 0.25) is 0 Å². The first-order valence-electron chi connectivity index (χ1n) is 14.8. The molecule has 0 atom stereocenters. The largest absolute Gasteiger partial charge is 0.507 e. The van der Waals surface area contributed by atoms with Crippen LogP contribution >= 0.6 is 0 Å². The summed E-state index contributed by atoms with van der Waals surface area (Å²) < 4.78 is 5.90. The quantitative estimate of drug-likeness (QED) is 0.250. The molecule has 224 valence electrons. The molecule has 1 amide bonds. The van der Waals surface area contributed by atoms with E-state index >= 15 is 0 Å². The van der Waals surface area contributed by atoms with Crippen LogP contribution in [0, 0.1) is 0 Å². The highest BCUT2D eigenvalue weighted by atomic mass is 16.5. The Kier molecular flexibility index (Phi) is 10.1. The fraction of sp³-hybridized carbons (Fsp3) is 0.429. The molecule has 1 fully saturated rings. The average Bonchev–Trinajstić information content (AvgIpc) is 2.94. The molecular weight excluding hydrogens is 524 g/mol. The van der Waals surface area contributed by atoms with Crippen LogP contribution in [0.25, 0.3) is 0 Å². The van der Waals surface area contributed by atoms with Crippen molar-refractivity contribution in [3.63, 3.8) is 0 Å². The summed E-state index contributed by atoms with van der Waals surface area (Å²) in [5, 5.41) is 15.1. The van der Waals surface area contributed by atoms with Gasteiger partial charge in [0.25, 0.3) is 5.91 Å². The number of hydrogen-bond acceptors (Lipinski definition) is 6. The van der Waals surface area contributed by atoms with Gasteiger partial charge in [-0.15, -0.1) is 0 Å². The van der Waals surface area contributed by atoms with Gasteiger partial charge in [-0.3, -0.25) is 14.6 Å². The van der Waals surface area contributed by atoms with E-state index in [0.29, 0.717) is 18.7 Å². The van der Waals surface area contributed by atoms with Crippen LogP contribution in [0.4, 0.5) is 0 Å². The number of amides is 1. The molecule has 0 saturated carbocycles. The minimum Gasteiger partial charge on any atom is -0.507 e. The lowest BCUT2D eigenvalue weighted by molar-refractivity contribution is -0.122. The Morgan fingerprint density at radius 1 is 0.881 bits per heavy atom. The molecule has 3 aromatic carbocycles. The Bertz CT molecular complexity index is 1350. The van der Waals surface area contributed by atoms with E-state index in [2.05, 4.69) is 92.2 Å². The Morgan fingerprint density at radius 3 is 2.14 bits per heavy atom. The minimum atomic E-state index is -0.223. The van der Waals surface area contributed by atoms with Gasteiger partial charge in [0, 0.05) is 43.9 Å². The van der Waals surface area contributed by atoms with Crippen molar-refractivity contribution in [1.82, 2.24) is 15.2 Å². The lowest BCUT2D eigenvalue weighted by Crippen LogP contribution is -2.48. The fourth-order valence-corrected chi connectivity index (χ4v) is 4.97. The summed E-state index contributed by atoms with van der Waals surface area (Å²) in [5.74, 6) is 0.917. The average molecular weight is 571 g/mol. The van der Waals surface area contributed by atoms with E-state index in [1.165, 1.54) is 5.56 Å². The van der Waals surface area contributed by atoms with Crippen LogP contribution in [0.2, 0.25) is 0 Å². The first-order valence-corrected chi connectivity index (χ1v) is 14.8. The second-order valence-electron chi connectivity index (χ2n) is 13.2. The zero-order chi connectivity index (χ0) is 30.3. The predicted molar refractivity (Wildman–Crippen MR) is 170 cm³/mol. The maximum absolute atomic E-state index is 12.6. The molecular formula is C35H46N4O3. The molecule has 0 radical (unpaired) electrons. The normalized spacial score (nSPS) is 15.2. The third-order valence-corrected chi connectivity index (χ3v) is 7.62. The maximum atomic E-state index is 12.6. The number of ether oxygens (including phenoxy) is 1. The number of aromatic hydroxyl groups is 1. The van der Waals surface area contributed by atoms with Crippen molar-refractivity contribution >= 4 is 12.1 Å². The third kappa shape index (κ3) is 8.91. The summed E-state index contributed by atoms with van der Waals surface area (Å²) in [6.45, 7) is 17.8. The van der Waals surface area contributed by atoms with Gasteiger partial charge in [-0.05, 0) is 45.7 Å². The highest BCUT2D eigenvalue weighted by Gasteiger charge is 2.25. The number of hydrogen-bond donors (Lipinski definition) is 2. The lowest BCUT2D eigenvalue weighted by atomic mass is 9.79. The monoisotopic (exact) mass is 570 g/mol. The molecule has 0 aliphatic carbocycles. The second kappa shape index (κ2) is 13.5. The van der Waals surface area contributed by atoms with Crippen LogP contribution in [0.5, 0.6) is 11.5 Å². The van der Waals surface area contributed by atoms with Crippen molar-refractivity contribution < 1.29 is 14.6 Å². The van der Waals surface area contributed by atoms with E-state index in [9.17, 15) is 9.90 Å². The van der Waals surface area contributed by atoms with Crippen LogP contribution in [-0.2, 0) is 28.8 Å². The Labute approximate surface area is 251 Å². The van der Waals surface area contributed by atoms with E-state index in [4.69, 9.17) is 4.74 Å². The van der Waals surface area contributed by atoms with Crippen LogP contribution in [0.1, 0.15) is 69.4 Å². The van der Waals surface area contributed by atoms with E-state index in [1.807, 2.05) is 36.4 Å². The highest BCUT2D eigenvalue weighted by Crippen LogP contribution is 2.37. The number of carbonyl (C=O) groups is 1. The molecule has 1 saturated heterocycles. The number of rotatable bonds is 9. The molecule has 1 aliphatic rings. The molecule has 1 heterocycles. The van der Waals surface area contributed by atoms with E-state index in [-0.39, 0.29) is 22.5 Å². The first-order chi connectivity index (χ1) is 19.9. The molecule has 0 spiro atoms. The van der Waals surface area contributed by atoms with Crippen molar-refractivity contribution in [2.75, 3.05) is 32.7 Å². The number of carbonyl (C=O) groups excluding carboxylic acids is 1. The zero-order valence-corrected chi connectivity index (χ0v) is 26.0. The van der Waals surface area contributed by atoms with Crippen molar-refractivity contribution in [2.45, 2.75) is 65.5 Å². The lowest BCUT2D eigenvalue weighted by Gasteiger charge is -2.34. The van der Waals surface area contributed by atoms with Gasteiger partial charge in [-0.1, -0.05) is 90.1 Å². The van der Waals surface area contributed by atoms with Gasteiger partial charge in [0.05, 0.1) is 12.8 Å². The number of benzene rings is 3. The highest BCUT2D eigenvalue weighted by molar-refractivity contribution is 5.86. The van der Waals surface area contributed by atoms with Crippen molar-refractivity contribution in [2.24, 2.45) is 5.10 Å². The standard InChI is InChI=1S/C35H46N4O3/c1-34(2,3)29-20-28(33(41)31(21-29)35(4,5)6)22-36-37-32(40)24-39-18-16-38(17-19-39)23-26-12-14-30(15-13-26)42-25-27-10-8-7-9-11-27/h7-15,20-22,41H,16-19,23-25H2,1-6H3,(H,37,40)/b36-22+. The number of phenols is 1. The molecule has 0 aromatic heterocycles. The van der Waals surface area contributed by atoms with E-state index in [0.717, 1.165) is 55.2 Å². The summed E-state index contributed by atoms with van der Waals surface area (Å²) in [7, 11) is 0. The van der Waals surface area contributed by atoms with Crippen molar-refractivity contribution in [3.05, 3.63) is 94.5 Å². The molecule has 2 N–H and O–H groups in total. The smallest absolute Gasteiger partial charge is 0.254 e. The first kappa shape index (κ1) is 31.3. The second-order valence-corrected chi connectivity index (χ2v) is 13.2. The molecule has 7 heteroatoms. The number of nitrogens with one attached hydrogen (secondary N) is 1. The number of piperazine rings is 1. The number of nitrogens with zero attached hydrogens (tertiary/aromatic N) is 3. The van der Waals surface area contributed by atoms with Crippen LogP contribution < -0.4 is 10.2 Å². The Balaban J connectivity index is 1.23. The molecule has 42 heavy (non-hydrogen) atoms. The van der Waals surface area contributed by atoms with E-state index in [1.54, 1.807) is 6.21 Å². The Hall–Kier alpha value is -3.68. The van der Waals surface area contributed by atoms with Gasteiger partial charge in [-0.2, -0.15) is 5.10 Å². The predicted octanol–water partition coefficient (Wildman–Crippen LogP) is 5.83. The molecule has 3 aromatic rings. The van der Waals surface area contributed by atoms with Crippen molar-refractivity contribution in [1.29, 1.82) is 0 Å². The van der Waals surface area contributed by atoms with Crippen LogP contribution in [0.3, 0.4) is 0 Å². The van der Waals surface area contributed by atoms with E-state index < -0.39 is 0 Å². The zero-order valence-electron chi connectivity index (χ0n) is 26.0. The van der Waals surface area contributed by atoms with Crippen LogP contribution in [-0.4, -0.2) is 59.8 Å². The van der Waals surface area contributed by atoms with Crippen molar-refractivity contribution in [3.8, 4) is 11.5 Å². The molecule has 0 unspecified atom stereocenters. The van der Waals surface area contributed by atoms with Gasteiger partial charge >= 0.3 is 0 Å². The molecule has 1 aliphatic heterocycles. The summed E-state index contributed by atoms with van der Waals surface area (Å²) in [5.41, 5.74) is 7.34. The summed E-state index contributed by atoms with van der Waals surface area (Å²) in [6.07, 6.45) is 1.55. The number of hydrazone groups is 1. The van der Waals surface area contributed by atoms with Crippen LogP contribution in [0.15, 0.2) is 71.8 Å². The van der Waals surface area contributed by atoms with Gasteiger partial charge in [0.15, 0.2) is 0 Å². The third-order valence-electron chi connectivity index (χ3n) is 7.62. The Morgan fingerprint density at radius 2 is 1.52 bits per heavy atom. The topological polar surface area (TPSA) is 77.4 Å². The van der Waals surface area contributed by atoms with Gasteiger partial charge in [-0.25, -0.2) is 5.43 Å². The SMILES string of the molecule is CC(C)(C)c1cc(/C=N/NC(=O)CN2CCN(Cc3ccc(OCc4ccccc4)cc3)CC2)c(O)c(C(C)(C)C)c1. The molecule has 4 rings (SSSR count). The minimum absolute atomic E-state index is 0.0813. The summed E-state index contributed by atoms with van der Waals surface area (Å²) in [4.78, 5) is 17.2.